The lowest BCUT2D eigenvalue weighted by Gasteiger charge is -2.30. The molecule has 29 heavy (non-hydrogen) atoms. The number of hydrogen-bond acceptors (Lipinski definition) is 6. The van der Waals surface area contributed by atoms with Crippen LogP contribution in [0.15, 0.2) is 29.2 Å². The number of nitrogens with zero attached hydrogens (tertiary/aromatic N) is 1. The van der Waals surface area contributed by atoms with Crippen LogP contribution >= 0.6 is 0 Å². The smallest absolute Gasteiger partial charge is 0.251 e. The molecule has 0 radical (unpaired) electrons. The summed E-state index contributed by atoms with van der Waals surface area (Å²) in [5.41, 5.74) is 0.243. The molecule has 1 atom stereocenters. The van der Waals surface area contributed by atoms with Gasteiger partial charge in [0.15, 0.2) is 9.84 Å². The molecule has 1 amide bonds. The maximum atomic E-state index is 12.6. The number of benzene rings is 1. The fourth-order valence-corrected chi connectivity index (χ4v) is 6.59. The van der Waals surface area contributed by atoms with E-state index in [1.807, 2.05) is 0 Å². The van der Waals surface area contributed by atoms with Gasteiger partial charge in [0.1, 0.15) is 0 Å². The standard InChI is InChI=1S/C19H31N3O5S2/c1-14(2)22(15(3)4)10-9-20-19(23)16-6-5-7-18(12-16)29(26,27)21-17-8-11-28(24,25)13-17/h5-7,12,14-15,17,21H,8-11,13H2,1-4H3,(H,20,23). The maximum Gasteiger partial charge on any atom is 0.251 e. The van der Waals surface area contributed by atoms with Crippen LogP contribution in [0.1, 0.15) is 44.5 Å². The van der Waals surface area contributed by atoms with Crippen molar-refractivity contribution >= 4 is 25.8 Å². The average Bonchev–Trinajstić information content (AvgIpc) is 2.95. The van der Waals surface area contributed by atoms with Crippen LogP contribution in [-0.4, -0.2) is 70.4 Å². The zero-order chi connectivity index (χ0) is 21.8. The van der Waals surface area contributed by atoms with E-state index in [0.29, 0.717) is 25.2 Å². The van der Waals surface area contributed by atoms with Crippen LogP contribution in [0.3, 0.4) is 0 Å². The molecule has 1 heterocycles. The summed E-state index contributed by atoms with van der Waals surface area (Å²) in [5.74, 6) is -0.570. The van der Waals surface area contributed by atoms with Gasteiger partial charge in [-0.2, -0.15) is 0 Å². The Morgan fingerprint density at radius 1 is 1.21 bits per heavy atom. The predicted octanol–water partition coefficient (Wildman–Crippen LogP) is 1.00. The fourth-order valence-electron chi connectivity index (χ4n) is 3.49. The number of carbonyl (C=O) groups is 1. The predicted molar refractivity (Wildman–Crippen MR) is 113 cm³/mol. The Kier molecular flexibility index (Phi) is 7.83. The van der Waals surface area contributed by atoms with Crippen LogP contribution in [0.25, 0.3) is 0 Å². The fraction of sp³-hybridized carbons (Fsp3) is 0.632. The number of nitrogens with one attached hydrogen (secondary N) is 2. The minimum absolute atomic E-state index is 0.0214. The summed E-state index contributed by atoms with van der Waals surface area (Å²) in [4.78, 5) is 14.6. The van der Waals surface area contributed by atoms with E-state index in [0.717, 1.165) is 0 Å². The molecule has 0 spiro atoms. The summed E-state index contributed by atoms with van der Waals surface area (Å²) in [6.07, 6.45) is 0.254. The molecule has 2 rings (SSSR count). The Balaban J connectivity index is 2.01. The molecular weight excluding hydrogens is 414 g/mol. The molecule has 0 aromatic heterocycles. The van der Waals surface area contributed by atoms with E-state index in [2.05, 4.69) is 42.6 Å². The highest BCUT2D eigenvalue weighted by molar-refractivity contribution is 7.92. The second-order valence-electron chi connectivity index (χ2n) is 7.93. The van der Waals surface area contributed by atoms with Gasteiger partial charge in [0.25, 0.3) is 5.91 Å². The number of rotatable bonds is 9. The number of amides is 1. The van der Waals surface area contributed by atoms with E-state index in [1.165, 1.54) is 18.2 Å². The molecule has 8 nitrogen and oxygen atoms in total. The summed E-state index contributed by atoms with van der Waals surface area (Å²) in [6, 6.07) is 5.82. The zero-order valence-electron chi connectivity index (χ0n) is 17.4. The van der Waals surface area contributed by atoms with Crippen molar-refractivity contribution in [3.63, 3.8) is 0 Å². The lowest BCUT2D eigenvalue weighted by Crippen LogP contribution is -2.42. The van der Waals surface area contributed by atoms with Gasteiger partial charge in [-0.25, -0.2) is 21.6 Å². The largest absolute Gasteiger partial charge is 0.351 e. The Morgan fingerprint density at radius 2 is 1.86 bits per heavy atom. The van der Waals surface area contributed by atoms with Crippen molar-refractivity contribution in [2.24, 2.45) is 0 Å². The molecule has 0 aliphatic carbocycles. The molecule has 1 aliphatic heterocycles. The Hall–Kier alpha value is -1.49. The number of hydrogen-bond donors (Lipinski definition) is 2. The van der Waals surface area contributed by atoms with Crippen LogP contribution in [0.5, 0.6) is 0 Å². The van der Waals surface area contributed by atoms with Gasteiger partial charge < -0.3 is 5.32 Å². The Morgan fingerprint density at radius 3 is 2.41 bits per heavy atom. The summed E-state index contributed by atoms with van der Waals surface area (Å²) in [7, 11) is -7.11. The highest BCUT2D eigenvalue weighted by Gasteiger charge is 2.31. The van der Waals surface area contributed by atoms with Gasteiger partial charge >= 0.3 is 0 Å². The molecule has 1 fully saturated rings. The monoisotopic (exact) mass is 445 g/mol. The lowest BCUT2D eigenvalue weighted by molar-refractivity contribution is 0.0939. The third-order valence-corrected chi connectivity index (χ3v) is 8.23. The second kappa shape index (κ2) is 9.55. The third kappa shape index (κ3) is 6.77. The summed E-state index contributed by atoms with van der Waals surface area (Å²) < 4.78 is 50.7. The Labute approximate surface area is 174 Å². The summed E-state index contributed by atoms with van der Waals surface area (Å²) in [6.45, 7) is 9.52. The highest BCUT2D eigenvalue weighted by atomic mass is 32.2. The van der Waals surface area contributed by atoms with Crippen molar-refractivity contribution in [1.82, 2.24) is 14.9 Å². The summed E-state index contributed by atoms with van der Waals surface area (Å²) in [5, 5.41) is 2.83. The minimum atomic E-state index is -3.91. The van der Waals surface area contributed by atoms with Crippen molar-refractivity contribution in [3.05, 3.63) is 29.8 Å². The SMILES string of the molecule is CC(C)N(CCNC(=O)c1cccc(S(=O)(=O)NC2CCS(=O)(=O)C2)c1)C(C)C. The zero-order valence-corrected chi connectivity index (χ0v) is 19.0. The van der Waals surface area contributed by atoms with E-state index < -0.39 is 25.9 Å². The first kappa shape index (κ1) is 23.8. The average molecular weight is 446 g/mol. The molecule has 1 aliphatic rings. The van der Waals surface area contributed by atoms with Gasteiger partial charge in [0.2, 0.25) is 10.0 Å². The van der Waals surface area contributed by atoms with Gasteiger partial charge in [0.05, 0.1) is 16.4 Å². The molecular formula is C19H31N3O5S2. The van der Waals surface area contributed by atoms with E-state index >= 15 is 0 Å². The van der Waals surface area contributed by atoms with Crippen molar-refractivity contribution < 1.29 is 21.6 Å². The minimum Gasteiger partial charge on any atom is -0.351 e. The molecule has 1 saturated heterocycles. The first-order valence-electron chi connectivity index (χ1n) is 9.78. The molecule has 1 aromatic carbocycles. The highest BCUT2D eigenvalue weighted by Crippen LogP contribution is 2.17. The number of sulfonamides is 1. The molecule has 164 valence electrons. The van der Waals surface area contributed by atoms with Crippen LogP contribution in [0, 0.1) is 0 Å². The normalized spacial score (nSPS) is 19.2. The van der Waals surface area contributed by atoms with Crippen LogP contribution < -0.4 is 10.0 Å². The van der Waals surface area contributed by atoms with Gasteiger partial charge in [-0.3, -0.25) is 9.69 Å². The lowest BCUT2D eigenvalue weighted by atomic mass is 10.2. The van der Waals surface area contributed by atoms with Gasteiger partial charge in [-0.05, 0) is 52.3 Å². The molecule has 0 saturated carbocycles. The Bertz CT molecular complexity index is 919. The molecule has 0 bridgehead atoms. The van der Waals surface area contributed by atoms with E-state index in [9.17, 15) is 21.6 Å². The van der Waals surface area contributed by atoms with Gasteiger partial charge in [0, 0.05) is 36.8 Å². The van der Waals surface area contributed by atoms with Crippen molar-refractivity contribution in [3.8, 4) is 0 Å². The molecule has 1 unspecified atom stereocenters. The first-order chi connectivity index (χ1) is 13.4. The maximum absolute atomic E-state index is 12.6. The van der Waals surface area contributed by atoms with Crippen molar-refractivity contribution in [1.29, 1.82) is 0 Å². The van der Waals surface area contributed by atoms with Crippen LogP contribution in [-0.2, 0) is 19.9 Å². The van der Waals surface area contributed by atoms with Gasteiger partial charge in [-0.1, -0.05) is 6.07 Å². The third-order valence-electron chi connectivity index (χ3n) is 4.94. The molecule has 2 N–H and O–H groups in total. The number of carbonyl (C=O) groups excluding carboxylic acids is 1. The van der Waals surface area contributed by atoms with Gasteiger partial charge in [-0.15, -0.1) is 0 Å². The van der Waals surface area contributed by atoms with E-state index in [4.69, 9.17) is 0 Å². The van der Waals surface area contributed by atoms with Crippen molar-refractivity contribution in [2.75, 3.05) is 24.6 Å². The van der Waals surface area contributed by atoms with E-state index in [1.54, 1.807) is 6.07 Å². The number of sulfone groups is 1. The summed E-state index contributed by atoms with van der Waals surface area (Å²) >= 11 is 0. The topological polar surface area (TPSA) is 113 Å². The molecule has 1 aromatic rings. The van der Waals surface area contributed by atoms with E-state index in [-0.39, 0.29) is 34.3 Å². The first-order valence-corrected chi connectivity index (χ1v) is 13.1. The second-order valence-corrected chi connectivity index (χ2v) is 11.9. The molecule has 10 heteroatoms. The van der Waals surface area contributed by atoms with Crippen molar-refractivity contribution in [2.45, 2.75) is 57.1 Å². The van der Waals surface area contributed by atoms with Crippen LogP contribution in [0.2, 0.25) is 0 Å². The quantitative estimate of drug-likeness (QED) is 0.586. The van der Waals surface area contributed by atoms with Crippen LogP contribution in [0.4, 0.5) is 0 Å².